The van der Waals surface area contributed by atoms with Crippen LogP contribution < -0.4 is 10.6 Å². The Hall–Kier alpha value is -1.50. The summed E-state index contributed by atoms with van der Waals surface area (Å²) in [6, 6.07) is 2.59. The van der Waals surface area contributed by atoms with Gasteiger partial charge >= 0.3 is 0 Å². The Morgan fingerprint density at radius 3 is 2.60 bits per heavy atom. The largest absolute Gasteiger partial charge is 0.348 e. The molecule has 1 fully saturated rings. The second kappa shape index (κ2) is 8.74. The SMILES string of the molecule is Cc1nc2cc(F)cc(C(=O)NC3CNCCC3C)c2nc1C.Cl.Cl. The molecule has 0 radical (unpaired) electrons. The van der Waals surface area contributed by atoms with Crippen molar-refractivity contribution in [3.8, 4) is 0 Å². The number of halogens is 3. The first kappa shape index (κ1) is 21.5. The molecular weight excluding hydrogens is 366 g/mol. The monoisotopic (exact) mass is 388 g/mol. The van der Waals surface area contributed by atoms with Crippen LogP contribution in [0.15, 0.2) is 12.1 Å². The minimum absolute atomic E-state index is 0. The third kappa shape index (κ3) is 4.57. The van der Waals surface area contributed by atoms with E-state index in [1.807, 2.05) is 13.8 Å². The third-order valence-electron chi connectivity index (χ3n) is 4.53. The van der Waals surface area contributed by atoms with E-state index in [9.17, 15) is 9.18 Å². The highest BCUT2D eigenvalue weighted by Crippen LogP contribution is 2.20. The van der Waals surface area contributed by atoms with Crippen molar-refractivity contribution in [1.82, 2.24) is 20.6 Å². The lowest BCUT2D eigenvalue weighted by atomic mass is 9.94. The molecule has 0 aliphatic carbocycles. The molecule has 1 aromatic heterocycles. The summed E-state index contributed by atoms with van der Waals surface area (Å²) >= 11 is 0. The average molecular weight is 389 g/mol. The molecular formula is C17H23Cl2FN4O. The Kier molecular flexibility index (Phi) is 7.53. The fraction of sp³-hybridized carbons (Fsp3) is 0.471. The first-order valence-electron chi connectivity index (χ1n) is 7.92. The zero-order chi connectivity index (χ0) is 16.6. The summed E-state index contributed by atoms with van der Waals surface area (Å²) in [5.74, 6) is -0.391. The maximum Gasteiger partial charge on any atom is 0.253 e. The molecule has 138 valence electrons. The van der Waals surface area contributed by atoms with Crippen molar-refractivity contribution >= 4 is 41.8 Å². The van der Waals surface area contributed by atoms with E-state index in [2.05, 4.69) is 27.5 Å². The number of fused-ring (bicyclic) bond motifs is 1. The maximum atomic E-state index is 13.9. The number of hydrogen-bond acceptors (Lipinski definition) is 4. The lowest BCUT2D eigenvalue weighted by Crippen LogP contribution is -2.50. The van der Waals surface area contributed by atoms with E-state index in [0.29, 0.717) is 17.0 Å². The molecule has 1 aliphatic rings. The van der Waals surface area contributed by atoms with E-state index >= 15 is 0 Å². The molecule has 0 spiro atoms. The third-order valence-corrected chi connectivity index (χ3v) is 4.53. The smallest absolute Gasteiger partial charge is 0.253 e. The summed E-state index contributed by atoms with van der Waals surface area (Å²) in [6.45, 7) is 7.45. The van der Waals surface area contributed by atoms with Crippen LogP contribution in [0, 0.1) is 25.6 Å². The number of hydrogen-bond donors (Lipinski definition) is 2. The second-order valence-corrected chi connectivity index (χ2v) is 6.27. The molecule has 1 aromatic carbocycles. The van der Waals surface area contributed by atoms with Gasteiger partial charge in [-0.05, 0) is 38.8 Å². The number of nitrogens with zero attached hydrogens (tertiary/aromatic N) is 2. The van der Waals surface area contributed by atoms with Gasteiger partial charge in [-0.2, -0.15) is 0 Å². The normalized spacial score (nSPS) is 19.7. The maximum absolute atomic E-state index is 13.9. The first-order valence-corrected chi connectivity index (χ1v) is 7.92. The molecule has 2 atom stereocenters. The number of carbonyl (C=O) groups is 1. The van der Waals surface area contributed by atoms with Crippen LogP contribution >= 0.6 is 24.8 Å². The van der Waals surface area contributed by atoms with E-state index in [1.165, 1.54) is 12.1 Å². The van der Waals surface area contributed by atoms with Gasteiger partial charge in [-0.15, -0.1) is 24.8 Å². The number of amides is 1. The molecule has 1 saturated heterocycles. The number of aryl methyl sites for hydroxylation is 2. The van der Waals surface area contributed by atoms with Crippen LogP contribution in [-0.2, 0) is 0 Å². The van der Waals surface area contributed by atoms with Crippen molar-refractivity contribution in [2.45, 2.75) is 33.2 Å². The van der Waals surface area contributed by atoms with Crippen molar-refractivity contribution < 1.29 is 9.18 Å². The summed E-state index contributed by atoms with van der Waals surface area (Å²) in [5, 5.41) is 6.27. The van der Waals surface area contributed by atoms with Gasteiger partial charge < -0.3 is 10.6 Å². The van der Waals surface area contributed by atoms with Gasteiger partial charge in [-0.1, -0.05) is 6.92 Å². The van der Waals surface area contributed by atoms with Gasteiger partial charge in [0.15, 0.2) is 0 Å². The van der Waals surface area contributed by atoms with E-state index in [0.717, 1.165) is 30.9 Å². The Morgan fingerprint density at radius 1 is 1.24 bits per heavy atom. The standard InChI is InChI=1S/C17H21FN4O.2ClH/c1-9-4-5-19-8-15(9)22-17(23)13-6-12(18)7-14-16(13)21-11(3)10(2)20-14;;/h6-7,9,15,19H,4-5,8H2,1-3H3,(H,22,23);2*1H. The minimum atomic E-state index is -0.477. The molecule has 2 N–H and O–H groups in total. The Morgan fingerprint density at radius 2 is 1.92 bits per heavy atom. The Balaban J connectivity index is 0.00000156. The summed E-state index contributed by atoms with van der Waals surface area (Å²) in [4.78, 5) is 21.4. The van der Waals surface area contributed by atoms with Crippen LogP contribution in [-0.4, -0.2) is 35.0 Å². The molecule has 0 bridgehead atoms. The van der Waals surface area contributed by atoms with Crippen molar-refractivity contribution in [1.29, 1.82) is 0 Å². The first-order chi connectivity index (χ1) is 11.0. The molecule has 1 amide bonds. The van der Waals surface area contributed by atoms with Crippen molar-refractivity contribution in [2.75, 3.05) is 13.1 Å². The lowest BCUT2D eigenvalue weighted by molar-refractivity contribution is 0.0916. The van der Waals surface area contributed by atoms with Gasteiger partial charge in [0, 0.05) is 18.7 Å². The number of piperidine rings is 1. The predicted octanol–water partition coefficient (Wildman–Crippen LogP) is 2.96. The van der Waals surface area contributed by atoms with Gasteiger partial charge in [-0.25, -0.2) is 14.4 Å². The van der Waals surface area contributed by atoms with Gasteiger partial charge in [0.25, 0.3) is 5.91 Å². The average Bonchev–Trinajstić information content (AvgIpc) is 2.50. The number of nitrogens with one attached hydrogen (secondary N) is 2. The topological polar surface area (TPSA) is 66.9 Å². The second-order valence-electron chi connectivity index (χ2n) is 6.27. The Labute approximate surface area is 159 Å². The van der Waals surface area contributed by atoms with Crippen LogP contribution in [0.25, 0.3) is 11.0 Å². The summed E-state index contributed by atoms with van der Waals surface area (Å²) < 4.78 is 13.9. The molecule has 8 heteroatoms. The van der Waals surface area contributed by atoms with Crippen LogP contribution in [0.4, 0.5) is 4.39 Å². The lowest BCUT2D eigenvalue weighted by Gasteiger charge is -2.30. The summed E-state index contributed by atoms with van der Waals surface area (Å²) in [7, 11) is 0. The number of benzene rings is 1. The van der Waals surface area contributed by atoms with Crippen LogP contribution in [0.3, 0.4) is 0 Å². The number of rotatable bonds is 2. The molecule has 1 aliphatic heterocycles. The number of aromatic nitrogens is 2. The highest BCUT2D eigenvalue weighted by molar-refractivity contribution is 6.04. The zero-order valence-electron chi connectivity index (χ0n) is 14.4. The van der Waals surface area contributed by atoms with Gasteiger partial charge in [0.2, 0.25) is 0 Å². The molecule has 2 aromatic rings. The van der Waals surface area contributed by atoms with Crippen molar-refractivity contribution in [3.63, 3.8) is 0 Å². The van der Waals surface area contributed by atoms with Gasteiger partial charge in [0.1, 0.15) is 11.3 Å². The number of carbonyl (C=O) groups excluding carboxylic acids is 1. The van der Waals surface area contributed by atoms with Crippen molar-refractivity contribution in [3.05, 3.63) is 34.9 Å². The zero-order valence-corrected chi connectivity index (χ0v) is 16.1. The highest BCUT2D eigenvalue weighted by Gasteiger charge is 2.24. The predicted molar refractivity (Wildman–Crippen MR) is 101 cm³/mol. The van der Waals surface area contributed by atoms with Crippen molar-refractivity contribution in [2.24, 2.45) is 5.92 Å². The van der Waals surface area contributed by atoms with E-state index < -0.39 is 5.82 Å². The van der Waals surface area contributed by atoms with Gasteiger partial charge in [0.05, 0.1) is 22.5 Å². The van der Waals surface area contributed by atoms with Crippen LogP contribution in [0.2, 0.25) is 0 Å². The molecule has 5 nitrogen and oxygen atoms in total. The Bertz CT molecular complexity index is 772. The quantitative estimate of drug-likeness (QED) is 0.829. The molecule has 3 rings (SSSR count). The fourth-order valence-corrected chi connectivity index (χ4v) is 2.90. The fourth-order valence-electron chi connectivity index (χ4n) is 2.90. The molecule has 2 unspecified atom stereocenters. The molecule has 0 saturated carbocycles. The highest BCUT2D eigenvalue weighted by atomic mass is 35.5. The van der Waals surface area contributed by atoms with E-state index in [4.69, 9.17) is 0 Å². The molecule has 25 heavy (non-hydrogen) atoms. The van der Waals surface area contributed by atoms with Gasteiger partial charge in [-0.3, -0.25) is 4.79 Å². The van der Waals surface area contributed by atoms with Crippen LogP contribution in [0.1, 0.15) is 35.1 Å². The van der Waals surface area contributed by atoms with E-state index in [-0.39, 0.29) is 42.3 Å². The molecule has 2 heterocycles. The van der Waals surface area contributed by atoms with E-state index in [1.54, 1.807) is 0 Å². The summed E-state index contributed by atoms with van der Waals surface area (Å²) in [5.41, 5.74) is 2.58. The summed E-state index contributed by atoms with van der Waals surface area (Å²) in [6.07, 6.45) is 1.01. The van der Waals surface area contributed by atoms with Crippen LogP contribution in [0.5, 0.6) is 0 Å². The minimum Gasteiger partial charge on any atom is -0.348 e.